The van der Waals surface area contributed by atoms with Gasteiger partial charge in [-0.3, -0.25) is 0 Å². The molecular weight excluding hydrogens is 332 g/mol. The van der Waals surface area contributed by atoms with Crippen molar-refractivity contribution in [2.24, 2.45) is 0 Å². The molecule has 0 amide bonds. The summed E-state index contributed by atoms with van der Waals surface area (Å²) >= 11 is 0. The molecule has 133 valence electrons. The predicted molar refractivity (Wildman–Crippen MR) is 110 cm³/mol. The second kappa shape index (κ2) is 6.96. The second-order valence-corrected chi connectivity index (χ2v) is 10.2. The lowest BCUT2D eigenvalue weighted by molar-refractivity contribution is 0.174. The van der Waals surface area contributed by atoms with Gasteiger partial charge in [0.05, 0.1) is 5.79 Å². The summed E-state index contributed by atoms with van der Waals surface area (Å²) in [5, 5.41) is 3.09. The van der Waals surface area contributed by atoms with Gasteiger partial charge >= 0.3 is 0 Å². The van der Waals surface area contributed by atoms with Crippen LogP contribution in [-0.2, 0) is 0 Å². The first-order chi connectivity index (χ1) is 12.9. The summed E-state index contributed by atoms with van der Waals surface area (Å²) in [5.74, 6) is 0.551. The Bertz CT molecular complexity index is 721. The first-order valence-electron chi connectivity index (χ1n) is 10.2. The highest BCUT2D eigenvalue weighted by atomic mass is 28.3. The Morgan fingerprint density at radius 1 is 0.615 bits per heavy atom. The van der Waals surface area contributed by atoms with E-state index in [1.54, 1.807) is 21.8 Å². The third kappa shape index (κ3) is 2.69. The third-order valence-corrected chi connectivity index (χ3v) is 9.22. The minimum absolute atomic E-state index is 0.551. The minimum atomic E-state index is -0.905. The summed E-state index contributed by atoms with van der Waals surface area (Å²) in [5.41, 5.74) is 3.38. The number of benzene rings is 2. The zero-order valence-corrected chi connectivity index (χ0v) is 16.4. The Morgan fingerprint density at radius 2 is 1.08 bits per heavy atom. The van der Waals surface area contributed by atoms with Crippen LogP contribution in [0.2, 0.25) is 0 Å². The highest BCUT2D eigenvalue weighted by molar-refractivity contribution is 6.86. The Balaban J connectivity index is 1.62. The van der Waals surface area contributed by atoms with Gasteiger partial charge in [0.1, 0.15) is 0 Å². The lowest BCUT2D eigenvalue weighted by Crippen LogP contribution is -2.62. The van der Waals surface area contributed by atoms with Crippen LogP contribution in [-0.4, -0.2) is 37.5 Å². The molecular formula is C23H27N2Si. The molecule has 0 aromatic heterocycles. The molecule has 0 atom stereocenters. The first kappa shape index (κ1) is 16.2. The normalized spacial score (nSPS) is 20.5. The summed E-state index contributed by atoms with van der Waals surface area (Å²) in [6, 6.07) is 22.7. The van der Waals surface area contributed by atoms with Gasteiger partial charge in [-0.1, -0.05) is 71.0 Å². The molecule has 0 saturated carbocycles. The van der Waals surface area contributed by atoms with Crippen LogP contribution in [0, 0.1) is 0 Å². The molecule has 2 fully saturated rings. The van der Waals surface area contributed by atoms with Gasteiger partial charge in [-0.05, 0) is 38.5 Å². The second-order valence-electron chi connectivity index (χ2n) is 7.71. The molecule has 0 spiro atoms. The number of hydrogen-bond acceptors (Lipinski definition) is 2. The van der Waals surface area contributed by atoms with Crippen molar-refractivity contribution < 1.29 is 0 Å². The van der Waals surface area contributed by atoms with E-state index in [1.165, 1.54) is 51.6 Å². The maximum Gasteiger partial charge on any atom is 0.173 e. The molecule has 3 aliphatic heterocycles. The lowest BCUT2D eigenvalue weighted by atomic mass is 10.0. The molecule has 2 saturated heterocycles. The van der Waals surface area contributed by atoms with E-state index >= 15 is 0 Å². The van der Waals surface area contributed by atoms with E-state index in [9.17, 15) is 0 Å². The van der Waals surface area contributed by atoms with Crippen molar-refractivity contribution in [3.8, 4) is 0 Å². The molecule has 3 heteroatoms. The monoisotopic (exact) mass is 359 g/mol. The van der Waals surface area contributed by atoms with Crippen molar-refractivity contribution >= 4 is 19.2 Å². The molecule has 5 rings (SSSR count). The largest absolute Gasteiger partial charge is 0.356 e. The Kier molecular flexibility index (Phi) is 4.33. The molecule has 1 radical (unpaired) electrons. The van der Waals surface area contributed by atoms with Gasteiger partial charge < -0.3 is 9.80 Å². The summed E-state index contributed by atoms with van der Waals surface area (Å²) < 4.78 is 0. The topological polar surface area (TPSA) is 6.48 Å². The summed E-state index contributed by atoms with van der Waals surface area (Å²) in [6.07, 6.45) is 8.02. The van der Waals surface area contributed by atoms with Crippen molar-refractivity contribution in [3.63, 3.8) is 0 Å². The van der Waals surface area contributed by atoms with Crippen molar-refractivity contribution in [2.75, 3.05) is 13.1 Å². The molecule has 3 aliphatic rings. The zero-order chi connectivity index (χ0) is 17.3. The summed E-state index contributed by atoms with van der Waals surface area (Å²) in [7, 11) is -0.905. The van der Waals surface area contributed by atoms with Crippen LogP contribution >= 0.6 is 0 Å². The van der Waals surface area contributed by atoms with E-state index < -0.39 is 8.80 Å². The maximum absolute atomic E-state index is 2.82. The van der Waals surface area contributed by atoms with E-state index in [0.717, 1.165) is 0 Å². The standard InChI is InChI=1S/C23H27N2Si/c1-3-11-19(12-4-1)26(20-13-5-2-6-14-20)23-24-17-9-7-15-21(24)22-16-8-10-18-25(22)23/h1-6,11-14,23H,7-10,15-18H2. The molecule has 26 heavy (non-hydrogen) atoms. The van der Waals surface area contributed by atoms with Crippen LogP contribution in [0.25, 0.3) is 0 Å². The Hall–Kier alpha value is -2.00. The zero-order valence-electron chi connectivity index (χ0n) is 15.4. The summed E-state index contributed by atoms with van der Waals surface area (Å²) in [6.45, 7) is 2.49. The van der Waals surface area contributed by atoms with Crippen LogP contribution in [0.4, 0.5) is 0 Å². The first-order valence-corrected chi connectivity index (χ1v) is 11.7. The van der Waals surface area contributed by atoms with Crippen LogP contribution < -0.4 is 10.4 Å². The smallest absolute Gasteiger partial charge is 0.173 e. The quantitative estimate of drug-likeness (QED) is 0.776. The number of fused-ring (bicyclic) bond motifs is 2. The van der Waals surface area contributed by atoms with Gasteiger partial charge in [0.2, 0.25) is 0 Å². The molecule has 0 unspecified atom stereocenters. The predicted octanol–water partition coefficient (Wildman–Crippen LogP) is 3.36. The fraction of sp³-hybridized carbons (Fsp3) is 0.391. The maximum atomic E-state index is 2.82. The van der Waals surface area contributed by atoms with E-state index in [1.807, 2.05) is 0 Å². The molecule has 2 aromatic rings. The fourth-order valence-corrected chi connectivity index (χ4v) is 8.27. The Morgan fingerprint density at radius 3 is 1.54 bits per heavy atom. The van der Waals surface area contributed by atoms with E-state index in [-0.39, 0.29) is 0 Å². The van der Waals surface area contributed by atoms with Gasteiger partial charge in [-0.25, -0.2) is 0 Å². The number of rotatable bonds is 3. The number of allylic oxidation sites excluding steroid dienone is 2. The van der Waals surface area contributed by atoms with Gasteiger partial charge in [0, 0.05) is 24.5 Å². The fourth-order valence-electron chi connectivity index (χ4n) is 5.05. The SMILES string of the molecule is c1ccc([Si](c2ccccc2)C2N3CCCCC3=C3CCCCN32)cc1. The van der Waals surface area contributed by atoms with E-state index in [2.05, 4.69) is 70.5 Å². The van der Waals surface area contributed by atoms with Crippen molar-refractivity contribution in [1.82, 2.24) is 9.80 Å². The molecule has 2 aromatic carbocycles. The minimum Gasteiger partial charge on any atom is -0.356 e. The van der Waals surface area contributed by atoms with Crippen molar-refractivity contribution in [1.29, 1.82) is 0 Å². The Labute approximate surface area is 158 Å². The number of nitrogens with zero attached hydrogens (tertiary/aromatic N) is 2. The van der Waals surface area contributed by atoms with E-state index in [4.69, 9.17) is 0 Å². The molecule has 3 heterocycles. The van der Waals surface area contributed by atoms with Crippen molar-refractivity contribution in [3.05, 3.63) is 72.1 Å². The van der Waals surface area contributed by atoms with E-state index in [0.29, 0.717) is 5.79 Å². The van der Waals surface area contributed by atoms with Crippen LogP contribution in [0.5, 0.6) is 0 Å². The number of piperidine rings is 2. The van der Waals surface area contributed by atoms with Crippen molar-refractivity contribution in [2.45, 2.75) is 44.3 Å². The van der Waals surface area contributed by atoms with Crippen LogP contribution in [0.15, 0.2) is 72.1 Å². The molecule has 0 bridgehead atoms. The van der Waals surface area contributed by atoms with Gasteiger partial charge in [0.25, 0.3) is 0 Å². The molecule has 0 aliphatic carbocycles. The highest BCUT2D eigenvalue weighted by Crippen LogP contribution is 2.40. The van der Waals surface area contributed by atoms with Gasteiger partial charge in [-0.15, -0.1) is 0 Å². The van der Waals surface area contributed by atoms with Crippen LogP contribution in [0.1, 0.15) is 38.5 Å². The highest BCUT2D eigenvalue weighted by Gasteiger charge is 2.45. The van der Waals surface area contributed by atoms with Gasteiger partial charge in [-0.2, -0.15) is 0 Å². The average molecular weight is 360 g/mol. The average Bonchev–Trinajstić information content (AvgIpc) is 3.05. The number of hydrogen-bond donors (Lipinski definition) is 0. The van der Waals surface area contributed by atoms with Gasteiger partial charge in [0.15, 0.2) is 8.80 Å². The molecule has 2 nitrogen and oxygen atoms in total. The summed E-state index contributed by atoms with van der Waals surface area (Å²) in [4.78, 5) is 5.64. The van der Waals surface area contributed by atoms with Crippen LogP contribution in [0.3, 0.4) is 0 Å². The molecule has 0 N–H and O–H groups in total. The third-order valence-electron chi connectivity index (χ3n) is 6.17. The lowest BCUT2D eigenvalue weighted by Gasteiger charge is -2.42.